The third-order valence-electron chi connectivity index (χ3n) is 3.41. The summed E-state index contributed by atoms with van der Waals surface area (Å²) in [5.41, 5.74) is 2.04. The molecule has 0 heterocycles. The fourth-order valence-corrected chi connectivity index (χ4v) is 2.09. The van der Waals surface area contributed by atoms with E-state index in [9.17, 15) is 9.59 Å². The molecule has 0 aromatic heterocycles. The second-order valence-electron chi connectivity index (χ2n) is 5.04. The van der Waals surface area contributed by atoms with Gasteiger partial charge in [-0.15, -0.1) is 0 Å². The zero-order valence-corrected chi connectivity index (χ0v) is 11.0. The first-order valence-corrected chi connectivity index (χ1v) is 6.75. The maximum Gasteiger partial charge on any atom is 0.255 e. The first kappa shape index (κ1) is 12.6. The van der Waals surface area contributed by atoms with Gasteiger partial charge in [-0.1, -0.05) is 18.2 Å². The predicted octanol–water partition coefficient (Wildman–Crippen LogP) is 3.53. The molecule has 1 N–H and O–H groups in total. The Labute approximate surface area is 117 Å². The van der Waals surface area contributed by atoms with Gasteiger partial charge in [0.05, 0.1) is 0 Å². The van der Waals surface area contributed by atoms with E-state index in [2.05, 4.69) is 5.32 Å². The zero-order valence-electron chi connectivity index (χ0n) is 11.0. The lowest BCUT2D eigenvalue weighted by atomic mass is 10.1. The summed E-state index contributed by atoms with van der Waals surface area (Å²) < 4.78 is 0. The van der Waals surface area contributed by atoms with Crippen molar-refractivity contribution < 1.29 is 9.59 Å². The molecule has 1 amide bonds. The van der Waals surface area contributed by atoms with Gasteiger partial charge in [-0.25, -0.2) is 0 Å². The van der Waals surface area contributed by atoms with Crippen LogP contribution >= 0.6 is 0 Å². The van der Waals surface area contributed by atoms with Crippen LogP contribution in [0.2, 0.25) is 0 Å². The lowest BCUT2D eigenvalue weighted by Gasteiger charge is -2.06. The summed E-state index contributed by atoms with van der Waals surface area (Å²) in [4.78, 5) is 23.8. The fraction of sp³-hybridized carbons (Fsp3) is 0.176. The second kappa shape index (κ2) is 5.29. The molecule has 3 rings (SSSR count). The van der Waals surface area contributed by atoms with Crippen LogP contribution in [0.25, 0.3) is 0 Å². The molecular weight excluding hydrogens is 250 g/mol. The lowest BCUT2D eigenvalue weighted by molar-refractivity contribution is 0.0967. The molecular formula is C17H15NO2. The quantitative estimate of drug-likeness (QED) is 0.859. The van der Waals surface area contributed by atoms with Gasteiger partial charge in [0.2, 0.25) is 0 Å². The first-order chi connectivity index (χ1) is 9.74. The highest BCUT2D eigenvalue weighted by atomic mass is 16.1. The summed E-state index contributed by atoms with van der Waals surface area (Å²) in [7, 11) is 0. The van der Waals surface area contributed by atoms with Crippen LogP contribution in [0.1, 0.15) is 33.6 Å². The minimum atomic E-state index is -0.146. The average Bonchev–Trinajstić information content (AvgIpc) is 3.33. The Hall–Kier alpha value is -2.42. The number of carbonyl (C=O) groups is 2. The fourth-order valence-electron chi connectivity index (χ4n) is 2.09. The van der Waals surface area contributed by atoms with E-state index >= 15 is 0 Å². The molecule has 3 heteroatoms. The Balaban J connectivity index is 1.69. The van der Waals surface area contributed by atoms with Crippen LogP contribution < -0.4 is 5.32 Å². The van der Waals surface area contributed by atoms with Gasteiger partial charge in [0, 0.05) is 22.7 Å². The molecule has 20 heavy (non-hydrogen) atoms. The van der Waals surface area contributed by atoms with Crippen molar-refractivity contribution in [1.82, 2.24) is 0 Å². The van der Waals surface area contributed by atoms with Crippen LogP contribution in [0, 0.1) is 5.92 Å². The molecule has 0 radical (unpaired) electrons. The summed E-state index contributed by atoms with van der Waals surface area (Å²) in [5.74, 6) is 0.289. The van der Waals surface area contributed by atoms with Gasteiger partial charge in [-0.2, -0.15) is 0 Å². The number of carbonyl (C=O) groups excluding carboxylic acids is 2. The number of nitrogens with one attached hydrogen (secondary N) is 1. The molecule has 2 aromatic carbocycles. The Bertz CT molecular complexity index is 628. The predicted molar refractivity (Wildman–Crippen MR) is 77.9 cm³/mol. The van der Waals surface area contributed by atoms with Crippen molar-refractivity contribution in [3.8, 4) is 0 Å². The molecule has 1 fully saturated rings. The van der Waals surface area contributed by atoms with Gasteiger partial charge in [0.25, 0.3) is 5.91 Å². The van der Waals surface area contributed by atoms with Crippen molar-refractivity contribution in [1.29, 1.82) is 0 Å². The van der Waals surface area contributed by atoms with Crippen molar-refractivity contribution >= 4 is 17.4 Å². The highest BCUT2D eigenvalue weighted by molar-refractivity contribution is 6.04. The summed E-state index contributed by atoms with van der Waals surface area (Å²) in [6, 6.07) is 16.2. The van der Waals surface area contributed by atoms with Crippen LogP contribution in [0.5, 0.6) is 0 Å². The normalized spacial score (nSPS) is 13.8. The van der Waals surface area contributed by atoms with Crippen LogP contribution in [-0.4, -0.2) is 11.7 Å². The lowest BCUT2D eigenvalue weighted by Crippen LogP contribution is -2.11. The number of benzene rings is 2. The smallest absolute Gasteiger partial charge is 0.255 e. The molecule has 2 aromatic rings. The minimum Gasteiger partial charge on any atom is -0.322 e. The Morgan fingerprint density at radius 2 is 1.50 bits per heavy atom. The topological polar surface area (TPSA) is 46.2 Å². The van der Waals surface area contributed by atoms with Crippen LogP contribution in [0.4, 0.5) is 5.69 Å². The minimum absolute atomic E-state index is 0.146. The number of ketones is 1. The van der Waals surface area contributed by atoms with E-state index in [0.29, 0.717) is 11.3 Å². The summed E-state index contributed by atoms with van der Waals surface area (Å²) in [6.07, 6.45) is 2.01. The second-order valence-corrected chi connectivity index (χ2v) is 5.04. The number of Topliss-reactive ketones (excluding diaryl/α,β-unsaturated/α-hetero) is 1. The molecule has 0 aliphatic heterocycles. The monoisotopic (exact) mass is 265 g/mol. The summed E-state index contributed by atoms with van der Waals surface area (Å²) in [6.45, 7) is 0. The SMILES string of the molecule is O=C(Nc1ccc(C(=O)C2CC2)cc1)c1ccccc1. The van der Waals surface area contributed by atoms with Crippen molar-refractivity contribution in [2.45, 2.75) is 12.8 Å². The molecule has 0 spiro atoms. The third-order valence-corrected chi connectivity index (χ3v) is 3.41. The Morgan fingerprint density at radius 3 is 2.10 bits per heavy atom. The molecule has 0 bridgehead atoms. The largest absolute Gasteiger partial charge is 0.322 e. The standard InChI is InChI=1S/C17H15NO2/c19-16(12-6-7-12)13-8-10-15(11-9-13)18-17(20)14-4-2-1-3-5-14/h1-5,8-12H,6-7H2,(H,18,20). The van der Waals surface area contributed by atoms with Crippen molar-refractivity contribution in [3.63, 3.8) is 0 Å². The molecule has 3 nitrogen and oxygen atoms in total. The van der Waals surface area contributed by atoms with E-state index in [1.807, 2.05) is 18.2 Å². The molecule has 100 valence electrons. The van der Waals surface area contributed by atoms with Gasteiger partial charge in [0.1, 0.15) is 0 Å². The summed E-state index contributed by atoms with van der Waals surface area (Å²) in [5, 5.41) is 2.82. The maximum absolute atomic E-state index is 12.0. The molecule has 1 saturated carbocycles. The van der Waals surface area contributed by atoms with E-state index in [0.717, 1.165) is 18.4 Å². The highest BCUT2D eigenvalue weighted by Gasteiger charge is 2.30. The average molecular weight is 265 g/mol. The number of hydrogen-bond acceptors (Lipinski definition) is 2. The van der Waals surface area contributed by atoms with Gasteiger partial charge in [-0.05, 0) is 49.2 Å². The third kappa shape index (κ3) is 2.77. The highest BCUT2D eigenvalue weighted by Crippen LogP contribution is 2.32. The zero-order chi connectivity index (χ0) is 13.9. The van der Waals surface area contributed by atoms with E-state index in [4.69, 9.17) is 0 Å². The van der Waals surface area contributed by atoms with Crippen LogP contribution in [0.3, 0.4) is 0 Å². The Morgan fingerprint density at radius 1 is 0.850 bits per heavy atom. The van der Waals surface area contributed by atoms with E-state index < -0.39 is 0 Å². The number of rotatable bonds is 4. The van der Waals surface area contributed by atoms with Crippen molar-refractivity contribution in [2.75, 3.05) is 5.32 Å². The number of anilines is 1. The maximum atomic E-state index is 12.0. The van der Waals surface area contributed by atoms with Gasteiger partial charge in [-0.3, -0.25) is 9.59 Å². The molecule has 0 atom stereocenters. The first-order valence-electron chi connectivity index (χ1n) is 6.75. The summed E-state index contributed by atoms with van der Waals surface area (Å²) >= 11 is 0. The van der Waals surface area contributed by atoms with Crippen LogP contribution in [-0.2, 0) is 0 Å². The molecule has 0 saturated heterocycles. The molecule has 1 aliphatic rings. The van der Waals surface area contributed by atoms with Gasteiger partial charge < -0.3 is 5.32 Å². The molecule has 1 aliphatic carbocycles. The van der Waals surface area contributed by atoms with E-state index in [-0.39, 0.29) is 17.6 Å². The number of amides is 1. The van der Waals surface area contributed by atoms with Gasteiger partial charge in [0.15, 0.2) is 5.78 Å². The Kier molecular flexibility index (Phi) is 3.33. The van der Waals surface area contributed by atoms with E-state index in [1.54, 1.807) is 36.4 Å². The van der Waals surface area contributed by atoms with Crippen LogP contribution in [0.15, 0.2) is 54.6 Å². The van der Waals surface area contributed by atoms with E-state index in [1.165, 1.54) is 0 Å². The van der Waals surface area contributed by atoms with Crippen molar-refractivity contribution in [2.24, 2.45) is 5.92 Å². The molecule has 0 unspecified atom stereocenters. The number of hydrogen-bond donors (Lipinski definition) is 1. The van der Waals surface area contributed by atoms with Crippen molar-refractivity contribution in [3.05, 3.63) is 65.7 Å². The van der Waals surface area contributed by atoms with Gasteiger partial charge >= 0.3 is 0 Å².